The summed E-state index contributed by atoms with van der Waals surface area (Å²) in [4.78, 5) is 4.66. The number of methoxy groups -OCH3 is 1. The molecular formula is C16H22N4O. The van der Waals surface area contributed by atoms with Gasteiger partial charge in [-0.15, -0.1) is 0 Å². The molecule has 3 rings (SSSR count). The standard InChI is InChI=1S/C16H22N4O/c1-21-14-8-3-2-5-11(14)10-15-18-16(20-19-15)12-6-4-7-13(17)9-12/h2-3,5,8,12-13H,4,6-7,9-10,17H2,1H3,(H,18,19,20)/t12-,13+/m1/s1. The lowest BCUT2D eigenvalue weighted by Gasteiger charge is -2.24. The Balaban J connectivity index is 1.73. The molecule has 21 heavy (non-hydrogen) atoms. The number of nitrogens with zero attached hydrogens (tertiary/aromatic N) is 2. The molecule has 112 valence electrons. The van der Waals surface area contributed by atoms with Gasteiger partial charge in [-0.3, -0.25) is 5.10 Å². The van der Waals surface area contributed by atoms with Gasteiger partial charge < -0.3 is 10.5 Å². The van der Waals surface area contributed by atoms with Crippen molar-refractivity contribution in [3.63, 3.8) is 0 Å². The minimum Gasteiger partial charge on any atom is -0.496 e. The number of H-pyrrole nitrogens is 1. The molecule has 1 aliphatic rings. The van der Waals surface area contributed by atoms with Gasteiger partial charge in [0.2, 0.25) is 0 Å². The van der Waals surface area contributed by atoms with Gasteiger partial charge >= 0.3 is 0 Å². The largest absolute Gasteiger partial charge is 0.496 e. The lowest BCUT2D eigenvalue weighted by atomic mass is 9.86. The normalized spacial score (nSPS) is 22.2. The van der Waals surface area contributed by atoms with E-state index >= 15 is 0 Å². The fraction of sp³-hybridized carbons (Fsp3) is 0.500. The average molecular weight is 286 g/mol. The van der Waals surface area contributed by atoms with Crippen molar-refractivity contribution < 1.29 is 4.74 Å². The lowest BCUT2D eigenvalue weighted by Crippen LogP contribution is -2.27. The van der Waals surface area contributed by atoms with Gasteiger partial charge in [-0.2, -0.15) is 5.10 Å². The monoisotopic (exact) mass is 286 g/mol. The summed E-state index contributed by atoms with van der Waals surface area (Å²) in [5.74, 6) is 3.08. The van der Waals surface area contributed by atoms with Crippen LogP contribution in [0.1, 0.15) is 48.8 Å². The maximum absolute atomic E-state index is 6.05. The molecule has 2 atom stereocenters. The second-order valence-corrected chi connectivity index (χ2v) is 5.75. The van der Waals surface area contributed by atoms with E-state index in [2.05, 4.69) is 21.2 Å². The van der Waals surface area contributed by atoms with Crippen molar-refractivity contribution in [2.75, 3.05) is 7.11 Å². The Kier molecular flexibility index (Phi) is 4.20. The predicted octanol–water partition coefficient (Wildman–Crippen LogP) is 2.39. The van der Waals surface area contributed by atoms with Gasteiger partial charge in [0, 0.05) is 23.9 Å². The van der Waals surface area contributed by atoms with Crippen molar-refractivity contribution in [2.45, 2.75) is 44.1 Å². The Bertz CT molecular complexity index is 595. The number of rotatable bonds is 4. The number of nitrogens with one attached hydrogen (secondary N) is 1. The van der Waals surface area contributed by atoms with Gasteiger partial charge in [-0.05, 0) is 25.3 Å². The molecular weight excluding hydrogens is 264 g/mol. The molecule has 1 heterocycles. The second kappa shape index (κ2) is 6.26. The van der Waals surface area contributed by atoms with Gasteiger partial charge in [-0.25, -0.2) is 4.98 Å². The van der Waals surface area contributed by atoms with Crippen molar-refractivity contribution >= 4 is 0 Å². The summed E-state index contributed by atoms with van der Waals surface area (Å²) in [5.41, 5.74) is 7.16. The van der Waals surface area contributed by atoms with Gasteiger partial charge in [0.05, 0.1) is 7.11 Å². The van der Waals surface area contributed by atoms with Crippen molar-refractivity contribution in [3.05, 3.63) is 41.5 Å². The lowest BCUT2D eigenvalue weighted by molar-refractivity contribution is 0.382. The highest BCUT2D eigenvalue weighted by atomic mass is 16.5. The Labute approximate surface area is 124 Å². The van der Waals surface area contributed by atoms with E-state index in [1.807, 2.05) is 18.2 Å². The van der Waals surface area contributed by atoms with Crippen LogP contribution < -0.4 is 10.5 Å². The van der Waals surface area contributed by atoms with Gasteiger partial charge in [-0.1, -0.05) is 24.6 Å². The molecule has 0 radical (unpaired) electrons. The first-order valence-electron chi connectivity index (χ1n) is 7.55. The molecule has 0 spiro atoms. The Morgan fingerprint density at radius 2 is 2.19 bits per heavy atom. The maximum Gasteiger partial charge on any atom is 0.153 e. The minimum absolute atomic E-state index is 0.292. The van der Waals surface area contributed by atoms with E-state index in [-0.39, 0.29) is 0 Å². The first-order chi connectivity index (χ1) is 10.3. The number of aromatic amines is 1. The number of aromatic nitrogens is 3. The molecule has 3 N–H and O–H groups in total. The number of nitrogens with two attached hydrogens (primary N) is 1. The van der Waals surface area contributed by atoms with E-state index in [1.54, 1.807) is 7.11 Å². The second-order valence-electron chi connectivity index (χ2n) is 5.75. The SMILES string of the molecule is COc1ccccc1Cc1nc([C@@H]2CCC[C@H](N)C2)n[nH]1. The van der Waals surface area contributed by atoms with E-state index in [1.165, 1.54) is 6.42 Å². The summed E-state index contributed by atoms with van der Waals surface area (Å²) >= 11 is 0. The van der Waals surface area contributed by atoms with E-state index < -0.39 is 0 Å². The molecule has 5 nitrogen and oxygen atoms in total. The van der Waals surface area contributed by atoms with Crippen LogP contribution in [-0.4, -0.2) is 28.3 Å². The molecule has 0 amide bonds. The van der Waals surface area contributed by atoms with Crippen LogP contribution >= 0.6 is 0 Å². The highest BCUT2D eigenvalue weighted by molar-refractivity contribution is 5.35. The first kappa shape index (κ1) is 14.1. The van der Waals surface area contributed by atoms with Crippen LogP contribution in [0.5, 0.6) is 5.75 Å². The molecule has 0 bridgehead atoms. The van der Waals surface area contributed by atoms with Gasteiger partial charge in [0.25, 0.3) is 0 Å². The fourth-order valence-electron chi connectivity index (χ4n) is 3.06. The third-order valence-corrected chi connectivity index (χ3v) is 4.18. The third-order valence-electron chi connectivity index (χ3n) is 4.18. The van der Waals surface area contributed by atoms with Gasteiger partial charge in [0.1, 0.15) is 11.6 Å². The fourth-order valence-corrected chi connectivity index (χ4v) is 3.06. The summed E-state index contributed by atoms with van der Waals surface area (Å²) in [5, 5.41) is 7.45. The van der Waals surface area contributed by atoms with Crippen LogP contribution in [0.3, 0.4) is 0 Å². The molecule has 5 heteroatoms. The molecule has 1 saturated carbocycles. The highest BCUT2D eigenvalue weighted by Crippen LogP contribution is 2.30. The smallest absolute Gasteiger partial charge is 0.153 e. The predicted molar refractivity (Wildman–Crippen MR) is 81.4 cm³/mol. The Morgan fingerprint density at radius 3 is 3.00 bits per heavy atom. The molecule has 1 aliphatic carbocycles. The van der Waals surface area contributed by atoms with Crippen molar-refractivity contribution in [3.8, 4) is 5.75 Å². The van der Waals surface area contributed by atoms with Crippen LogP contribution in [0, 0.1) is 0 Å². The van der Waals surface area contributed by atoms with Gasteiger partial charge in [0.15, 0.2) is 5.82 Å². The summed E-state index contributed by atoms with van der Waals surface area (Å²) in [7, 11) is 1.69. The van der Waals surface area contributed by atoms with E-state index in [0.29, 0.717) is 18.4 Å². The molecule has 0 saturated heterocycles. The molecule has 0 unspecified atom stereocenters. The Morgan fingerprint density at radius 1 is 1.33 bits per heavy atom. The number of para-hydroxylation sites is 1. The van der Waals surface area contributed by atoms with E-state index in [9.17, 15) is 0 Å². The van der Waals surface area contributed by atoms with Crippen molar-refractivity contribution in [2.24, 2.45) is 5.73 Å². The summed E-state index contributed by atoms with van der Waals surface area (Å²) in [6.07, 6.45) is 5.12. The van der Waals surface area contributed by atoms with E-state index in [4.69, 9.17) is 10.5 Å². The maximum atomic E-state index is 6.05. The van der Waals surface area contributed by atoms with Crippen LogP contribution in [0.25, 0.3) is 0 Å². The molecule has 2 aromatic rings. The summed E-state index contributed by atoms with van der Waals surface area (Å²) in [6, 6.07) is 8.29. The highest BCUT2D eigenvalue weighted by Gasteiger charge is 2.24. The van der Waals surface area contributed by atoms with Crippen LogP contribution in [0.4, 0.5) is 0 Å². The topological polar surface area (TPSA) is 76.8 Å². The molecule has 1 aromatic heterocycles. The van der Waals surface area contributed by atoms with Crippen LogP contribution in [0.15, 0.2) is 24.3 Å². The van der Waals surface area contributed by atoms with E-state index in [0.717, 1.165) is 42.2 Å². The zero-order valence-corrected chi connectivity index (χ0v) is 12.4. The molecule has 0 aliphatic heterocycles. The number of hydrogen-bond donors (Lipinski definition) is 2. The quantitative estimate of drug-likeness (QED) is 0.904. The zero-order chi connectivity index (χ0) is 14.7. The Hall–Kier alpha value is -1.88. The number of ether oxygens (including phenoxy) is 1. The zero-order valence-electron chi connectivity index (χ0n) is 12.4. The van der Waals surface area contributed by atoms with Crippen molar-refractivity contribution in [1.29, 1.82) is 0 Å². The average Bonchev–Trinajstić information content (AvgIpc) is 2.96. The molecule has 1 aromatic carbocycles. The minimum atomic E-state index is 0.292. The summed E-state index contributed by atoms with van der Waals surface area (Å²) < 4.78 is 5.38. The first-order valence-corrected chi connectivity index (χ1v) is 7.55. The van der Waals surface area contributed by atoms with Crippen LogP contribution in [0.2, 0.25) is 0 Å². The van der Waals surface area contributed by atoms with Crippen LogP contribution in [-0.2, 0) is 6.42 Å². The molecule has 1 fully saturated rings. The number of benzene rings is 1. The summed E-state index contributed by atoms with van der Waals surface area (Å²) in [6.45, 7) is 0. The van der Waals surface area contributed by atoms with Crippen molar-refractivity contribution in [1.82, 2.24) is 15.2 Å². The number of hydrogen-bond acceptors (Lipinski definition) is 4. The third kappa shape index (κ3) is 3.24.